The van der Waals surface area contributed by atoms with E-state index in [1.54, 1.807) is 23.1 Å². The highest BCUT2D eigenvalue weighted by atomic mass is 79.9. The number of rotatable bonds is 3. The van der Waals surface area contributed by atoms with Crippen molar-refractivity contribution in [1.82, 2.24) is 4.98 Å². The van der Waals surface area contributed by atoms with E-state index in [0.29, 0.717) is 5.56 Å². The van der Waals surface area contributed by atoms with E-state index in [4.69, 9.17) is 11.1 Å². The first-order chi connectivity index (χ1) is 9.63. The lowest BCUT2D eigenvalue weighted by atomic mass is 10.2. The lowest BCUT2D eigenvalue weighted by Gasteiger charge is -2.04. The molecule has 1 heterocycles. The van der Waals surface area contributed by atoms with E-state index in [1.807, 2.05) is 36.4 Å². The number of nitrogens with one attached hydrogen (secondary N) is 1. The molecule has 2 aromatic carbocycles. The molecule has 3 nitrogen and oxygen atoms in total. The van der Waals surface area contributed by atoms with Crippen molar-refractivity contribution in [1.29, 1.82) is 5.41 Å². The van der Waals surface area contributed by atoms with Crippen LogP contribution in [0.2, 0.25) is 0 Å². The van der Waals surface area contributed by atoms with Gasteiger partial charge in [-0.15, -0.1) is 11.3 Å². The Hall–Kier alpha value is -1.37. The minimum absolute atomic E-state index is 0.0715. The van der Waals surface area contributed by atoms with Crippen molar-refractivity contribution >= 4 is 55.1 Å². The van der Waals surface area contributed by atoms with Crippen molar-refractivity contribution in [2.75, 3.05) is 0 Å². The summed E-state index contributed by atoms with van der Waals surface area (Å²) in [7, 11) is 0. The first-order valence-electron chi connectivity index (χ1n) is 5.81. The van der Waals surface area contributed by atoms with Gasteiger partial charge in [0.25, 0.3) is 0 Å². The number of amidine groups is 1. The fraction of sp³-hybridized carbons (Fsp3) is 0. The molecule has 0 aliphatic rings. The molecule has 3 rings (SSSR count). The highest BCUT2D eigenvalue weighted by molar-refractivity contribution is 9.10. The van der Waals surface area contributed by atoms with Crippen molar-refractivity contribution in [3.05, 3.63) is 52.5 Å². The fourth-order valence-electron chi connectivity index (χ4n) is 1.74. The molecule has 0 aliphatic heterocycles. The number of fused-ring (bicyclic) bond motifs is 1. The molecule has 0 radical (unpaired) electrons. The van der Waals surface area contributed by atoms with Crippen LogP contribution in [0, 0.1) is 5.41 Å². The maximum absolute atomic E-state index is 7.44. The summed E-state index contributed by atoms with van der Waals surface area (Å²) >= 11 is 6.81. The van der Waals surface area contributed by atoms with Gasteiger partial charge in [0.15, 0.2) is 4.34 Å². The largest absolute Gasteiger partial charge is 0.384 e. The van der Waals surface area contributed by atoms with Gasteiger partial charge >= 0.3 is 0 Å². The molecule has 3 aromatic rings. The Balaban J connectivity index is 1.92. The summed E-state index contributed by atoms with van der Waals surface area (Å²) in [5.41, 5.74) is 7.22. The second-order valence-electron chi connectivity index (χ2n) is 4.11. The zero-order chi connectivity index (χ0) is 14.1. The Labute approximate surface area is 132 Å². The summed E-state index contributed by atoms with van der Waals surface area (Å²) in [6.45, 7) is 0. The van der Waals surface area contributed by atoms with Crippen LogP contribution in [0.15, 0.2) is 56.2 Å². The molecule has 6 heteroatoms. The van der Waals surface area contributed by atoms with Gasteiger partial charge in [-0.3, -0.25) is 5.41 Å². The lowest BCUT2D eigenvalue weighted by Crippen LogP contribution is -2.10. The molecule has 0 atom stereocenters. The van der Waals surface area contributed by atoms with Gasteiger partial charge in [0.1, 0.15) is 5.84 Å². The van der Waals surface area contributed by atoms with Crippen LogP contribution in [0.4, 0.5) is 0 Å². The van der Waals surface area contributed by atoms with Crippen LogP contribution in [-0.4, -0.2) is 10.8 Å². The van der Waals surface area contributed by atoms with Crippen LogP contribution in [0.25, 0.3) is 10.2 Å². The van der Waals surface area contributed by atoms with E-state index < -0.39 is 0 Å². The Morgan fingerprint density at radius 3 is 2.75 bits per heavy atom. The maximum atomic E-state index is 7.44. The van der Waals surface area contributed by atoms with Crippen molar-refractivity contribution in [3.8, 4) is 0 Å². The molecule has 3 N–H and O–H groups in total. The number of benzene rings is 2. The van der Waals surface area contributed by atoms with Gasteiger partial charge in [0.05, 0.1) is 10.2 Å². The minimum Gasteiger partial charge on any atom is -0.384 e. The van der Waals surface area contributed by atoms with Gasteiger partial charge in [-0.25, -0.2) is 4.98 Å². The van der Waals surface area contributed by atoms with Gasteiger partial charge in [-0.1, -0.05) is 30.0 Å². The molecular formula is C14H10BrN3S2. The third-order valence-corrected chi connectivity index (χ3v) is 5.81. The summed E-state index contributed by atoms with van der Waals surface area (Å²) in [6.07, 6.45) is 0. The molecular weight excluding hydrogens is 354 g/mol. The molecule has 0 bridgehead atoms. The van der Waals surface area contributed by atoms with Crippen molar-refractivity contribution in [2.24, 2.45) is 5.73 Å². The van der Waals surface area contributed by atoms with Gasteiger partial charge < -0.3 is 5.73 Å². The quantitative estimate of drug-likeness (QED) is 0.532. The topological polar surface area (TPSA) is 62.8 Å². The molecule has 100 valence electrons. The molecule has 0 unspecified atom stereocenters. The van der Waals surface area contributed by atoms with E-state index in [2.05, 4.69) is 27.0 Å². The standard InChI is InChI=1S/C14H10BrN3S2/c15-9-7-8(13(16)17)5-6-11(9)19-14-18-10-3-1-2-4-12(10)20-14/h1-7H,(H3,16,17). The zero-order valence-corrected chi connectivity index (χ0v) is 13.5. The third-order valence-electron chi connectivity index (χ3n) is 2.71. The van der Waals surface area contributed by atoms with Crippen molar-refractivity contribution in [2.45, 2.75) is 9.24 Å². The van der Waals surface area contributed by atoms with Crippen LogP contribution in [0.5, 0.6) is 0 Å². The number of nitrogens with two attached hydrogens (primary N) is 1. The number of para-hydroxylation sites is 1. The van der Waals surface area contributed by atoms with E-state index in [-0.39, 0.29) is 5.84 Å². The third kappa shape index (κ3) is 2.72. The predicted molar refractivity (Wildman–Crippen MR) is 88.9 cm³/mol. The predicted octanol–water partition coefficient (Wildman–Crippen LogP) is 4.49. The van der Waals surface area contributed by atoms with E-state index >= 15 is 0 Å². The van der Waals surface area contributed by atoms with Crippen LogP contribution in [0.3, 0.4) is 0 Å². The number of halogens is 1. The Morgan fingerprint density at radius 1 is 1.25 bits per heavy atom. The first kappa shape index (κ1) is 13.6. The Kier molecular flexibility index (Phi) is 3.78. The molecule has 0 fully saturated rings. The van der Waals surface area contributed by atoms with Crippen LogP contribution in [-0.2, 0) is 0 Å². The van der Waals surface area contributed by atoms with Gasteiger partial charge in [0, 0.05) is 14.9 Å². The highest BCUT2D eigenvalue weighted by Crippen LogP contribution is 2.37. The average molecular weight is 364 g/mol. The number of nitrogens with zero attached hydrogens (tertiary/aromatic N) is 1. The average Bonchev–Trinajstić information content (AvgIpc) is 2.83. The number of nitrogen functional groups attached to an aromatic ring is 1. The molecule has 0 aliphatic carbocycles. The second kappa shape index (κ2) is 5.55. The highest BCUT2D eigenvalue weighted by Gasteiger charge is 2.09. The maximum Gasteiger partial charge on any atom is 0.155 e. The summed E-state index contributed by atoms with van der Waals surface area (Å²) in [6, 6.07) is 13.8. The van der Waals surface area contributed by atoms with Crippen LogP contribution >= 0.6 is 39.0 Å². The van der Waals surface area contributed by atoms with Crippen molar-refractivity contribution in [3.63, 3.8) is 0 Å². The van der Waals surface area contributed by atoms with Gasteiger partial charge in [0.2, 0.25) is 0 Å². The number of thiazole rings is 1. The lowest BCUT2D eigenvalue weighted by molar-refractivity contribution is 1.28. The number of aromatic nitrogens is 1. The molecule has 20 heavy (non-hydrogen) atoms. The van der Waals surface area contributed by atoms with Crippen LogP contribution in [0.1, 0.15) is 5.56 Å². The molecule has 0 amide bonds. The zero-order valence-electron chi connectivity index (χ0n) is 10.3. The molecule has 1 aromatic heterocycles. The smallest absolute Gasteiger partial charge is 0.155 e. The van der Waals surface area contributed by atoms with E-state index in [0.717, 1.165) is 19.2 Å². The first-order valence-corrected chi connectivity index (χ1v) is 8.23. The van der Waals surface area contributed by atoms with Gasteiger partial charge in [-0.05, 0) is 40.2 Å². The van der Waals surface area contributed by atoms with E-state index in [1.165, 1.54) is 4.70 Å². The Bertz CT molecular complexity index is 765. The van der Waals surface area contributed by atoms with Crippen molar-refractivity contribution < 1.29 is 0 Å². The monoisotopic (exact) mass is 363 g/mol. The second-order valence-corrected chi connectivity index (χ2v) is 7.28. The summed E-state index contributed by atoms with van der Waals surface area (Å²) < 4.78 is 3.11. The minimum atomic E-state index is 0.0715. The molecule has 0 saturated heterocycles. The fourth-order valence-corrected chi connectivity index (χ4v) is 4.39. The normalized spacial score (nSPS) is 10.8. The van der Waals surface area contributed by atoms with Crippen LogP contribution < -0.4 is 5.73 Å². The summed E-state index contributed by atoms with van der Waals surface area (Å²) in [4.78, 5) is 5.66. The van der Waals surface area contributed by atoms with Gasteiger partial charge in [-0.2, -0.15) is 0 Å². The molecule has 0 saturated carbocycles. The summed E-state index contributed by atoms with van der Waals surface area (Å²) in [5.74, 6) is 0.0715. The number of hydrogen-bond donors (Lipinski definition) is 2. The Morgan fingerprint density at radius 2 is 2.05 bits per heavy atom. The molecule has 0 spiro atoms. The summed E-state index contributed by atoms with van der Waals surface area (Å²) in [5, 5.41) is 7.44. The SMILES string of the molecule is N=C(N)c1ccc(Sc2nc3ccccc3s2)c(Br)c1. The van der Waals surface area contributed by atoms with E-state index in [9.17, 15) is 0 Å². The number of hydrogen-bond acceptors (Lipinski definition) is 4.